The van der Waals surface area contributed by atoms with Gasteiger partial charge < -0.3 is 4.89 Å². The molecule has 0 N–H and O–H groups in total. The largest absolute Gasteiger partial charge is 0.333 e. The van der Waals surface area contributed by atoms with Crippen molar-refractivity contribution in [2.45, 2.75) is 6.92 Å². The Morgan fingerprint density at radius 2 is 2.08 bits per heavy atom. The molecule has 64 valence electrons. The highest BCUT2D eigenvalue weighted by molar-refractivity contribution is 6.16. The van der Waals surface area contributed by atoms with Gasteiger partial charge in [-0.25, -0.2) is 0 Å². The van der Waals surface area contributed by atoms with Gasteiger partial charge in [-0.3, -0.25) is 9.59 Å². The molecule has 1 aliphatic rings. The Balaban J connectivity index is 2.62. The van der Waals surface area contributed by atoms with E-state index in [9.17, 15) is 9.59 Å². The Hall–Kier alpha value is -1.42. The fourth-order valence-corrected chi connectivity index (χ4v) is 0.676. The van der Waals surface area contributed by atoms with E-state index in [2.05, 4.69) is 9.78 Å². The third kappa shape index (κ3) is 2.03. The van der Waals surface area contributed by atoms with Gasteiger partial charge in [0, 0.05) is 6.08 Å². The van der Waals surface area contributed by atoms with Crippen molar-refractivity contribution in [3.63, 3.8) is 0 Å². The number of rotatable bonds is 3. The zero-order valence-corrected chi connectivity index (χ0v) is 6.57. The van der Waals surface area contributed by atoms with Crippen LogP contribution in [-0.4, -0.2) is 18.2 Å². The maximum atomic E-state index is 10.9. The van der Waals surface area contributed by atoms with E-state index in [-0.39, 0.29) is 17.3 Å². The van der Waals surface area contributed by atoms with Crippen LogP contribution >= 0.6 is 0 Å². The Bertz CT molecular complexity index is 262. The molecule has 0 amide bonds. The molecule has 12 heavy (non-hydrogen) atoms. The number of allylic oxidation sites excluding steroid dienone is 3. The highest BCUT2D eigenvalue weighted by Gasteiger charge is 2.15. The van der Waals surface area contributed by atoms with Gasteiger partial charge in [-0.1, -0.05) is 0 Å². The first-order valence-corrected chi connectivity index (χ1v) is 3.51. The minimum Gasteiger partial charge on any atom is -0.333 e. The molecule has 0 heterocycles. The minimum absolute atomic E-state index is 0.0654. The molecule has 0 saturated carbocycles. The molecule has 0 unspecified atom stereocenters. The second-order valence-electron chi connectivity index (χ2n) is 2.10. The van der Waals surface area contributed by atoms with Gasteiger partial charge in [-0.05, 0) is 19.1 Å². The van der Waals surface area contributed by atoms with Crippen LogP contribution in [0.2, 0.25) is 0 Å². The van der Waals surface area contributed by atoms with Crippen molar-refractivity contribution in [2.75, 3.05) is 6.61 Å². The summed E-state index contributed by atoms with van der Waals surface area (Å²) < 4.78 is 0. The summed E-state index contributed by atoms with van der Waals surface area (Å²) in [4.78, 5) is 30.7. The highest BCUT2D eigenvalue weighted by Crippen LogP contribution is 2.06. The smallest absolute Gasteiger partial charge is 0.224 e. The lowest BCUT2D eigenvalue weighted by Crippen LogP contribution is -2.10. The van der Waals surface area contributed by atoms with E-state index >= 15 is 0 Å². The van der Waals surface area contributed by atoms with Crippen LogP contribution < -0.4 is 0 Å². The summed E-state index contributed by atoms with van der Waals surface area (Å²) in [6.45, 7) is 2.04. The normalized spacial score (nSPS) is 16.2. The number of hydrogen-bond donors (Lipinski definition) is 0. The molecular formula is C8H8O4. The Labute approximate surface area is 69.4 Å². The van der Waals surface area contributed by atoms with E-state index in [4.69, 9.17) is 0 Å². The third-order valence-electron chi connectivity index (χ3n) is 1.18. The SMILES string of the molecule is CCOOC1=CC(=O)C=CC1=O. The molecule has 4 heteroatoms. The highest BCUT2D eigenvalue weighted by atomic mass is 17.2. The zero-order valence-electron chi connectivity index (χ0n) is 6.57. The van der Waals surface area contributed by atoms with Gasteiger partial charge in [0.05, 0.1) is 6.61 Å². The molecule has 0 spiro atoms. The molecule has 0 saturated heterocycles. The summed E-state index contributed by atoms with van der Waals surface area (Å²) in [6.07, 6.45) is 3.43. The molecule has 0 bridgehead atoms. The van der Waals surface area contributed by atoms with Crippen molar-refractivity contribution in [1.29, 1.82) is 0 Å². The molecule has 0 atom stereocenters. The van der Waals surface area contributed by atoms with Crippen molar-refractivity contribution >= 4 is 11.6 Å². The lowest BCUT2D eigenvalue weighted by molar-refractivity contribution is -0.256. The Morgan fingerprint density at radius 3 is 2.75 bits per heavy atom. The number of carbonyl (C=O) groups is 2. The van der Waals surface area contributed by atoms with Crippen LogP contribution in [0.3, 0.4) is 0 Å². The van der Waals surface area contributed by atoms with Gasteiger partial charge in [0.1, 0.15) is 0 Å². The lowest BCUT2D eigenvalue weighted by atomic mass is 10.1. The monoisotopic (exact) mass is 168 g/mol. The summed E-state index contributed by atoms with van der Waals surface area (Å²) in [5.41, 5.74) is 0. The summed E-state index contributed by atoms with van der Waals surface area (Å²) in [5, 5.41) is 0. The topological polar surface area (TPSA) is 52.6 Å². The molecule has 4 nitrogen and oxygen atoms in total. The second kappa shape index (κ2) is 3.82. The second-order valence-corrected chi connectivity index (χ2v) is 2.10. The molecule has 1 rings (SSSR count). The van der Waals surface area contributed by atoms with E-state index < -0.39 is 0 Å². The van der Waals surface area contributed by atoms with Crippen LogP contribution in [0.15, 0.2) is 24.0 Å². The first-order chi connectivity index (χ1) is 5.74. The predicted molar refractivity (Wildman–Crippen MR) is 39.9 cm³/mol. The fraction of sp³-hybridized carbons (Fsp3) is 0.250. The standard InChI is InChI=1S/C8H8O4/c1-2-11-12-8-5-6(9)3-4-7(8)10/h3-5H,2H2,1H3. The van der Waals surface area contributed by atoms with Crippen molar-refractivity contribution in [3.8, 4) is 0 Å². The van der Waals surface area contributed by atoms with E-state index in [0.29, 0.717) is 6.61 Å². The maximum absolute atomic E-state index is 10.9. The molecular weight excluding hydrogens is 160 g/mol. The average Bonchev–Trinajstić information content (AvgIpc) is 2.07. The number of ketones is 2. The quantitative estimate of drug-likeness (QED) is 0.350. The summed E-state index contributed by atoms with van der Waals surface area (Å²) in [5.74, 6) is -0.697. The number of hydrogen-bond acceptors (Lipinski definition) is 4. The summed E-state index contributed by atoms with van der Waals surface area (Å²) in [6, 6.07) is 0. The first-order valence-electron chi connectivity index (χ1n) is 3.51. The van der Waals surface area contributed by atoms with E-state index in [1.165, 1.54) is 6.08 Å². The van der Waals surface area contributed by atoms with Gasteiger partial charge >= 0.3 is 0 Å². The van der Waals surface area contributed by atoms with Gasteiger partial charge in [-0.2, -0.15) is 4.89 Å². The van der Waals surface area contributed by atoms with Crippen LogP contribution in [0.1, 0.15) is 6.92 Å². The van der Waals surface area contributed by atoms with Crippen molar-refractivity contribution in [1.82, 2.24) is 0 Å². The Morgan fingerprint density at radius 1 is 1.33 bits per heavy atom. The third-order valence-corrected chi connectivity index (χ3v) is 1.18. The molecule has 0 aromatic heterocycles. The van der Waals surface area contributed by atoms with Gasteiger partial charge in [0.15, 0.2) is 5.78 Å². The van der Waals surface area contributed by atoms with Crippen LogP contribution in [0.5, 0.6) is 0 Å². The van der Waals surface area contributed by atoms with Gasteiger partial charge in [0.25, 0.3) is 0 Å². The molecule has 0 aromatic carbocycles. The predicted octanol–water partition coefficient (Wildman–Crippen LogP) is 0.546. The molecule has 1 aliphatic carbocycles. The Kier molecular flexibility index (Phi) is 2.76. The van der Waals surface area contributed by atoms with E-state index in [1.54, 1.807) is 6.92 Å². The zero-order chi connectivity index (χ0) is 8.97. The van der Waals surface area contributed by atoms with Crippen LogP contribution in [-0.2, 0) is 19.4 Å². The van der Waals surface area contributed by atoms with Gasteiger partial charge in [-0.15, -0.1) is 0 Å². The van der Waals surface area contributed by atoms with Crippen molar-refractivity contribution in [3.05, 3.63) is 24.0 Å². The van der Waals surface area contributed by atoms with Crippen LogP contribution in [0.4, 0.5) is 0 Å². The maximum Gasteiger partial charge on any atom is 0.224 e. The molecule has 0 aliphatic heterocycles. The first kappa shape index (κ1) is 8.67. The molecule has 0 aromatic rings. The fourth-order valence-electron chi connectivity index (χ4n) is 0.676. The molecule has 0 fully saturated rings. The van der Waals surface area contributed by atoms with Crippen molar-refractivity contribution < 1.29 is 19.4 Å². The van der Waals surface area contributed by atoms with Crippen molar-refractivity contribution in [2.24, 2.45) is 0 Å². The summed E-state index contributed by atoms with van der Waals surface area (Å²) >= 11 is 0. The van der Waals surface area contributed by atoms with Crippen LogP contribution in [0, 0.1) is 0 Å². The minimum atomic E-state index is -0.358. The van der Waals surface area contributed by atoms with E-state index in [1.807, 2.05) is 0 Å². The van der Waals surface area contributed by atoms with Crippen LogP contribution in [0.25, 0.3) is 0 Å². The van der Waals surface area contributed by atoms with E-state index in [0.717, 1.165) is 12.2 Å². The lowest BCUT2D eigenvalue weighted by Gasteiger charge is -2.05. The average molecular weight is 168 g/mol. The number of carbonyl (C=O) groups excluding carboxylic acids is 2. The molecule has 0 radical (unpaired) electrons. The summed E-state index contributed by atoms with van der Waals surface area (Å²) in [7, 11) is 0. The van der Waals surface area contributed by atoms with Gasteiger partial charge in [0.2, 0.25) is 11.5 Å².